The first kappa shape index (κ1) is 15.8. The highest BCUT2D eigenvalue weighted by atomic mass is 16.5. The van der Waals surface area contributed by atoms with Crippen molar-refractivity contribution in [3.8, 4) is 11.8 Å². The monoisotopic (exact) mass is 305 g/mol. The number of ether oxygens (including phenoxy) is 2. The number of aromatic nitrogens is 1. The lowest BCUT2D eigenvalue weighted by Gasteiger charge is -2.27. The quantitative estimate of drug-likeness (QED) is 0.783. The topological polar surface area (TPSA) is 72.0 Å². The molecule has 7 heteroatoms. The van der Waals surface area contributed by atoms with Gasteiger partial charge in [0.25, 0.3) is 11.8 Å². The molecule has 0 spiro atoms. The Hall–Kier alpha value is -2.57. The van der Waals surface area contributed by atoms with E-state index < -0.39 is 0 Å². The van der Waals surface area contributed by atoms with Crippen LogP contribution < -0.4 is 9.47 Å². The van der Waals surface area contributed by atoms with Crippen molar-refractivity contribution in [2.24, 2.45) is 0 Å². The van der Waals surface area contributed by atoms with Crippen LogP contribution in [0.2, 0.25) is 0 Å². The van der Waals surface area contributed by atoms with Gasteiger partial charge in [-0.05, 0) is 19.4 Å². The molecular formula is C15H19N3O4. The zero-order chi connectivity index (χ0) is 16.1. The molecule has 0 unspecified atom stereocenters. The Labute approximate surface area is 129 Å². The second-order valence-corrected chi connectivity index (χ2v) is 4.65. The van der Waals surface area contributed by atoms with Crippen LogP contribution >= 0.6 is 0 Å². The van der Waals surface area contributed by atoms with Crippen molar-refractivity contribution in [2.75, 3.05) is 27.3 Å². The van der Waals surface area contributed by atoms with Crippen LogP contribution in [0.1, 0.15) is 23.7 Å². The van der Waals surface area contributed by atoms with Crippen LogP contribution in [0.25, 0.3) is 0 Å². The lowest BCUT2D eigenvalue weighted by Crippen LogP contribution is -2.44. The second-order valence-electron chi connectivity index (χ2n) is 4.65. The lowest BCUT2D eigenvalue weighted by molar-refractivity contribution is -0.135. The highest BCUT2D eigenvalue weighted by Crippen LogP contribution is 2.24. The fraction of sp³-hybridized carbons (Fsp3) is 0.400. The summed E-state index contributed by atoms with van der Waals surface area (Å²) in [5.74, 6) is 0.00231. The predicted octanol–water partition coefficient (Wildman–Crippen LogP) is 1.26. The molecule has 1 aliphatic rings. The molecule has 1 saturated heterocycles. The number of carbonyl (C=O) groups excluding carboxylic acids is 2. The number of allylic oxidation sites excluding steroid dienone is 1. The molecule has 2 amide bonds. The molecule has 1 fully saturated rings. The van der Waals surface area contributed by atoms with Gasteiger partial charge in [-0.2, -0.15) is 4.98 Å². The van der Waals surface area contributed by atoms with Gasteiger partial charge in [-0.1, -0.05) is 6.08 Å². The van der Waals surface area contributed by atoms with Crippen LogP contribution in [0.15, 0.2) is 24.3 Å². The molecule has 0 aromatic carbocycles. The standard InChI is InChI=1S/C15H19N3O4/c1-4-6-13(19)17-9-5-10-18(17)15(20)11-7-8-12(21-2)16-14(11)22-3/h4,6-8H,5,9-10H2,1-3H3. The molecule has 0 radical (unpaired) electrons. The average molecular weight is 305 g/mol. The summed E-state index contributed by atoms with van der Waals surface area (Å²) in [6.07, 6.45) is 3.83. The van der Waals surface area contributed by atoms with Gasteiger partial charge < -0.3 is 9.47 Å². The molecule has 118 valence electrons. The van der Waals surface area contributed by atoms with Gasteiger partial charge >= 0.3 is 0 Å². The zero-order valence-corrected chi connectivity index (χ0v) is 12.9. The number of pyridine rings is 1. The highest BCUT2D eigenvalue weighted by molar-refractivity contribution is 5.98. The van der Waals surface area contributed by atoms with Gasteiger partial charge in [0.2, 0.25) is 11.8 Å². The van der Waals surface area contributed by atoms with Crippen molar-refractivity contribution in [2.45, 2.75) is 13.3 Å². The van der Waals surface area contributed by atoms with Crippen LogP contribution in [0.5, 0.6) is 11.8 Å². The first-order valence-electron chi connectivity index (χ1n) is 6.97. The molecule has 22 heavy (non-hydrogen) atoms. The summed E-state index contributed by atoms with van der Waals surface area (Å²) in [4.78, 5) is 28.8. The van der Waals surface area contributed by atoms with E-state index in [4.69, 9.17) is 9.47 Å². The SMILES string of the molecule is CC=CC(=O)N1CCCN1C(=O)c1ccc(OC)nc1OC. The Bertz CT molecular complexity index is 600. The summed E-state index contributed by atoms with van der Waals surface area (Å²) >= 11 is 0. The number of carbonyl (C=O) groups is 2. The van der Waals surface area contributed by atoms with Gasteiger partial charge in [-0.3, -0.25) is 9.59 Å². The van der Waals surface area contributed by atoms with Crippen molar-refractivity contribution >= 4 is 11.8 Å². The van der Waals surface area contributed by atoms with Gasteiger partial charge in [0.05, 0.1) is 14.2 Å². The van der Waals surface area contributed by atoms with Crippen LogP contribution in [0.3, 0.4) is 0 Å². The van der Waals surface area contributed by atoms with Crippen molar-refractivity contribution < 1.29 is 19.1 Å². The van der Waals surface area contributed by atoms with E-state index in [9.17, 15) is 9.59 Å². The Morgan fingerprint density at radius 1 is 1.18 bits per heavy atom. The normalized spacial score (nSPS) is 14.5. The van der Waals surface area contributed by atoms with E-state index in [-0.39, 0.29) is 17.7 Å². The van der Waals surface area contributed by atoms with Crippen molar-refractivity contribution in [1.82, 2.24) is 15.0 Å². The summed E-state index contributed by atoms with van der Waals surface area (Å²) in [6, 6.07) is 3.17. The average Bonchev–Trinajstić information content (AvgIpc) is 3.03. The van der Waals surface area contributed by atoms with Gasteiger partial charge in [-0.25, -0.2) is 10.0 Å². The van der Waals surface area contributed by atoms with E-state index in [1.165, 1.54) is 30.3 Å². The zero-order valence-electron chi connectivity index (χ0n) is 12.9. The summed E-state index contributed by atoms with van der Waals surface area (Å²) in [6.45, 7) is 2.76. The minimum absolute atomic E-state index is 0.176. The number of nitrogens with zero attached hydrogens (tertiary/aromatic N) is 3. The minimum atomic E-state index is -0.317. The number of hydrogen-bond acceptors (Lipinski definition) is 5. The van der Waals surface area contributed by atoms with Crippen LogP contribution in [0, 0.1) is 0 Å². The van der Waals surface area contributed by atoms with E-state index >= 15 is 0 Å². The molecular weight excluding hydrogens is 286 g/mol. The van der Waals surface area contributed by atoms with Crippen LogP contribution in [0.4, 0.5) is 0 Å². The molecule has 1 aromatic rings. The van der Waals surface area contributed by atoms with Crippen molar-refractivity contribution in [1.29, 1.82) is 0 Å². The number of hydrazine groups is 1. The Balaban J connectivity index is 2.29. The maximum atomic E-state index is 12.7. The summed E-state index contributed by atoms with van der Waals surface area (Å²) in [5.41, 5.74) is 0.295. The van der Waals surface area contributed by atoms with E-state index in [1.54, 1.807) is 25.1 Å². The van der Waals surface area contributed by atoms with E-state index in [2.05, 4.69) is 4.98 Å². The van der Waals surface area contributed by atoms with Crippen molar-refractivity contribution in [3.63, 3.8) is 0 Å². The van der Waals surface area contributed by atoms with Crippen LogP contribution in [-0.4, -0.2) is 54.1 Å². The third-order valence-electron chi connectivity index (χ3n) is 3.30. The van der Waals surface area contributed by atoms with E-state index in [0.717, 1.165) is 6.42 Å². The van der Waals surface area contributed by atoms with E-state index in [1.807, 2.05) is 0 Å². The molecule has 0 N–H and O–H groups in total. The summed E-state index contributed by atoms with van der Waals surface area (Å²) in [5, 5.41) is 2.86. The molecule has 2 rings (SSSR count). The molecule has 1 aliphatic heterocycles. The van der Waals surface area contributed by atoms with E-state index in [0.29, 0.717) is 24.5 Å². The molecule has 0 aliphatic carbocycles. The lowest BCUT2D eigenvalue weighted by atomic mass is 10.2. The third kappa shape index (κ3) is 3.03. The number of amides is 2. The third-order valence-corrected chi connectivity index (χ3v) is 3.30. The summed E-state index contributed by atoms with van der Waals surface area (Å²) < 4.78 is 10.2. The Morgan fingerprint density at radius 2 is 1.91 bits per heavy atom. The largest absolute Gasteiger partial charge is 0.481 e. The Morgan fingerprint density at radius 3 is 2.55 bits per heavy atom. The van der Waals surface area contributed by atoms with Gasteiger partial charge in [0.1, 0.15) is 5.56 Å². The molecule has 2 heterocycles. The smallest absolute Gasteiger partial charge is 0.277 e. The number of rotatable bonds is 4. The highest BCUT2D eigenvalue weighted by Gasteiger charge is 2.32. The number of hydrogen-bond donors (Lipinski definition) is 0. The fourth-order valence-corrected chi connectivity index (χ4v) is 2.28. The summed E-state index contributed by atoms with van der Waals surface area (Å²) in [7, 11) is 2.92. The maximum Gasteiger partial charge on any atom is 0.277 e. The number of methoxy groups -OCH3 is 2. The first-order chi connectivity index (χ1) is 10.6. The molecule has 0 atom stereocenters. The van der Waals surface area contributed by atoms with Crippen molar-refractivity contribution in [3.05, 3.63) is 29.8 Å². The van der Waals surface area contributed by atoms with Crippen LogP contribution in [-0.2, 0) is 4.79 Å². The van der Waals surface area contributed by atoms with Gasteiger partial charge in [0.15, 0.2) is 0 Å². The predicted molar refractivity (Wildman–Crippen MR) is 79.5 cm³/mol. The Kier molecular flexibility index (Phi) is 4.98. The van der Waals surface area contributed by atoms with Gasteiger partial charge in [-0.15, -0.1) is 0 Å². The minimum Gasteiger partial charge on any atom is -0.481 e. The molecule has 7 nitrogen and oxygen atoms in total. The van der Waals surface area contributed by atoms with Gasteiger partial charge in [0, 0.05) is 25.2 Å². The first-order valence-corrected chi connectivity index (χ1v) is 6.97. The fourth-order valence-electron chi connectivity index (χ4n) is 2.28. The second kappa shape index (κ2) is 6.93. The molecule has 0 bridgehead atoms. The maximum absolute atomic E-state index is 12.7. The molecule has 1 aromatic heterocycles. The molecule has 0 saturated carbocycles.